The van der Waals surface area contributed by atoms with Crippen LogP contribution in [-0.4, -0.2) is 74.6 Å². The van der Waals surface area contributed by atoms with Gasteiger partial charge in [-0.05, 0) is 51.4 Å². The number of ether oxygens (including phenoxy) is 2. The molecule has 196 valence electrons. The molecule has 0 bridgehead atoms. The smallest absolute Gasteiger partial charge is 0.189 e. The van der Waals surface area contributed by atoms with E-state index < -0.39 is 9.84 Å². The molecule has 1 atom stereocenters. The Bertz CT molecular complexity index is 1400. The summed E-state index contributed by atoms with van der Waals surface area (Å²) in [5.41, 5.74) is 2.40. The van der Waals surface area contributed by atoms with Crippen LogP contribution in [0.4, 0.5) is 5.82 Å². The molecule has 4 rings (SSSR count). The van der Waals surface area contributed by atoms with Crippen molar-refractivity contribution in [3.63, 3.8) is 0 Å². The number of nitrogens with one attached hydrogen (secondary N) is 1. The van der Waals surface area contributed by atoms with E-state index in [1.54, 1.807) is 6.92 Å². The normalized spacial score (nSPS) is 16.2. The van der Waals surface area contributed by atoms with Gasteiger partial charge in [0.05, 0.1) is 5.75 Å². The monoisotopic (exact) mass is 522 g/mol. The van der Waals surface area contributed by atoms with Gasteiger partial charge in [0, 0.05) is 53.9 Å². The maximum atomic E-state index is 11.6. The van der Waals surface area contributed by atoms with Crippen LogP contribution in [-0.2, 0) is 14.6 Å². The lowest BCUT2D eigenvalue weighted by molar-refractivity contribution is 0.0227. The summed E-state index contributed by atoms with van der Waals surface area (Å²) in [5.74, 6) is 7.54. The third-order valence-electron chi connectivity index (χ3n) is 6.32. The Morgan fingerprint density at radius 3 is 2.73 bits per heavy atom. The highest BCUT2D eigenvalue weighted by molar-refractivity contribution is 7.90. The van der Waals surface area contributed by atoms with Crippen molar-refractivity contribution >= 4 is 26.4 Å². The third kappa shape index (κ3) is 7.19. The van der Waals surface area contributed by atoms with Gasteiger partial charge in [0.1, 0.15) is 21.3 Å². The van der Waals surface area contributed by atoms with Crippen molar-refractivity contribution in [2.75, 3.05) is 50.4 Å². The Hall–Kier alpha value is -3.19. The van der Waals surface area contributed by atoms with Gasteiger partial charge in [-0.25, -0.2) is 8.42 Å². The van der Waals surface area contributed by atoms with Crippen LogP contribution in [0.1, 0.15) is 32.3 Å². The van der Waals surface area contributed by atoms with Crippen LogP contribution in [0, 0.1) is 11.8 Å². The molecule has 0 spiro atoms. The SMILES string of the molecule is CC#Cc1ccc(-c2nnc(N[C@@H]3CCCN(CCS(C)(=O)=O)C3)c3ccccc23)c(OCOCC)c1. The van der Waals surface area contributed by atoms with E-state index in [0.717, 1.165) is 59.3 Å². The third-order valence-corrected chi connectivity index (χ3v) is 7.24. The number of sulfone groups is 1. The molecule has 2 heterocycles. The van der Waals surface area contributed by atoms with Crippen LogP contribution < -0.4 is 10.1 Å². The first-order chi connectivity index (χ1) is 17.9. The molecule has 1 fully saturated rings. The summed E-state index contributed by atoms with van der Waals surface area (Å²) in [6.45, 7) is 6.63. The molecule has 3 aromatic rings. The van der Waals surface area contributed by atoms with Crippen LogP contribution >= 0.6 is 0 Å². The Kier molecular flexibility index (Phi) is 8.98. The second-order valence-electron chi connectivity index (χ2n) is 9.20. The zero-order valence-electron chi connectivity index (χ0n) is 21.7. The highest BCUT2D eigenvalue weighted by Crippen LogP contribution is 2.36. The Morgan fingerprint density at radius 1 is 1.16 bits per heavy atom. The van der Waals surface area contributed by atoms with Crippen molar-refractivity contribution in [3.05, 3.63) is 48.0 Å². The molecule has 0 unspecified atom stereocenters. The maximum Gasteiger partial charge on any atom is 0.189 e. The second kappa shape index (κ2) is 12.4. The molecule has 1 saturated heterocycles. The van der Waals surface area contributed by atoms with Crippen molar-refractivity contribution in [2.24, 2.45) is 0 Å². The molecule has 0 amide bonds. The number of fused-ring (bicyclic) bond motifs is 1. The molecule has 0 aliphatic carbocycles. The minimum atomic E-state index is -2.99. The number of nitrogens with zero attached hydrogens (tertiary/aromatic N) is 3. The van der Waals surface area contributed by atoms with Gasteiger partial charge < -0.3 is 19.7 Å². The van der Waals surface area contributed by atoms with Gasteiger partial charge in [0.15, 0.2) is 12.6 Å². The van der Waals surface area contributed by atoms with Crippen molar-refractivity contribution < 1.29 is 17.9 Å². The van der Waals surface area contributed by atoms with Crippen molar-refractivity contribution in [2.45, 2.75) is 32.7 Å². The molecule has 1 aliphatic heterocycles. The van der Waals surface area contributed by atoms with E-state index >= 15 is 0 Å². The molecule has 0 radical (unpaired) electrons. The first-order valence-electron chi connectivity index (χ1n) is 12.6. The van der Waals surface area contributed by atoms with Gasteiger partial charge in [0.2, 0.25) is 0 Å². The van der Waals surface area contributed by atoms with E-state index in [4.69, 9.17) is 9.47 Å². The van der Waals surface area contributed by atoms with E-state index in [9.17, 15) is 8.42 Å². The lowest BCUT2D eigenvalue weighted by Gasteiger charge is -2.33. The van der Waals surface area contributed by atoms with Crippen molar-refractivity contribution in [3.8, 4) is 28.8 Å². The molecule has 1 N–H and O–H groups in total. The summed E-state index contributed by atoms with van der Waals surface area (Å²) >= 11 is 0. The molecule has 0 saturated carbocycles. The number of aromatic nitrogens is 2. The summed E-state index contributed by atoms with van der Waals surface area (Å²) in [6, 6.07) is 14.0. The molecule has 8 nitrogen and oxygen atoms in total. The summed E-state index contributed by atoms with van der Waals surface area (Å²) < 4.78 is 34.6. The summed E-state index contributed by atoms with van der Waals surface area (Å²) in [5, 5.41) is 14.7. The molecule has 37 heavy (non-hydrogen) atoms. The van der Waals surface area contributed by atoms with E-state index in [2.05, 4.69) is 32.3 Å². The average Bonchev–Trinajstić information content (AvgIpc) is 2.88. The first kappa shape index (κ1) is 26.9. The maximum absolute atomic E-state index is 11.6. The van der Waals surface area contributed by atoms with E-state index in [1.165, 1.54) is 6.26 Å². The minimum absolute atomic E-state index is 0.134. The predicted octanol–water partition coefficient (Wildman–Crippen LogP) is 3.96. The highest BCUT2D eigenvalue weighted by atomic mass is 32.2. The zero-order chi connectivity index (χ0) is 26.3. The molecular formula is C28H34N4O4S. The quantitative estimate of drug-likeness (QED) is 0.243. The van der Waals surface area contributed by atoms with Gasteiger partial charge in [-0.3, -0.25) is 0 Å². The number of likely N-dealkylation sites (tertiary alicyclic amines) is 1. The largest absolute Gasteiger partial charge is 0.467 e. The van der Waals surface area contributed by atoms with Crippen LogP contribution in [0.5, 0.6) is 5.75 Å². The minimum Gasteiger partial charge on any atom is -0.467 e. The number of piperidine rings is 1. The number of benzene rings is 2. The summed E-state index contributed by atoms with van der Waals surface area (Å²) in [4.78, 5) is 2.20. The fourth-order valence-electron chi connectivity index (χ4n) is 4.52. The standard InChI is InChI=1S/C28H34N4O4S/c1-4-9-21-13-14-25(26(18-21)36-20-35-5-2)27-23-11-6-7-12-24(23)28(31-30-27)29-22-10-8-15-32(19-22)16-17-37(3,33)34/h6-7,11-14,18,22H,5,8,10,15-17,19-20H2,1-3H3,(H,29,31)/t22-/m1/s1. The number of anilines is 1. The first-order valence-corrected chi connectivity index (χ1v) is 14.6. The summed E-state index contributed by atoms with van der Waals surface area (Å²) in [7, 11) is -2.99. The van der Waals surface area contributed by atoms with E-state index in [-0.39, 0.29) is 18.6 Å². The van der Waals surface area contributed by atoms with Gasteiger partial charge >= 0.3 is 0 Å². The summed E-state index contributed by atoms with van der Waals surface area (Å²) in [6.07, 6.45) is 3.27. The molecular weight excluding hydrogens is 488 g/mol. The van der Waals surface area contributed by atoms with Gasteiger partial charge in [0.25, 0.3) is 0 Å². The molecule has 1 aliphatic rings. The number of hydrogen-bond donors (Lipinski definition) is 1. The second-order valence-corrected chi connectivity index (χ2v) is 11.5. The lowest BCUT2D eigenvalue weighted by Crippen LogP contribution is -2.43. The van der Waals surface area contributed by atoms with Crippen LogP contribution in [0.3, 0.4) is 0 Å². The zero-order valence-corrected chi connectivity index (χ0v) is 22.5. The van der Waals surface area contributed by atoms with Gasteiger partial charge in [-0.2, -0.15) is 0 Å². The van der Waals surface area contributed by atoms with E-state index in [1.807, 2.05) is 49.4 Å². The topological polar surface area (TPSA) is 93.7 Å². The Labute approximate surface area is 219 Å². The molecule has 9 heteroatoms. The molecule has 2 aromatic carbocycles. The lowest BCUT2D eigenvalue weighted by atomic mass is 10.0. The van der Waals surface area contributed by atoms with Crippen LogP contribution in [0.25, 0.3) is 22.0 Å². The van der Waals surface area contributed by atoms with E-state index in [0.29, 0.717) is 18.9 Å². The van der Waals surface area contributed by atoms with Gasteiger partial charge in [-0.1, -0.05) is 30.2 Å². The Balaban J connectivity index is 1.63. The predicted molar refractivity (Wildman–Crippen MR) is 147 cm³/mol. The molecule has 1 aromatic heterocycles. The van der Waals surface area contributed by atoms with Crippen LogP contribution in [0.15, 0.2) is 42.5 Å². The highest BCUT2D eigenvalue weighted by Gasteiger charge is 2.23. The fraction of sp³-hybridized carbons (Fsp3) is 0.429. The fourth-order valence-corrected chi connectivity index (χ4v) is 5.11. The average molecular weight is 523 g/mol. The van der Waals surface area contributed by atoms with Crippen molar-refractivity contribution in [1.82, 2.24) is 15.1 Å². The van der Waals surface area contributed by atoms with Gasteiger partial charge in [-0.15, -0.1) is 16.1 Å². The number of rotatable bonds is 10. The number of hydrogen-bond acceptors (Lipinski definition) is 8. The van der Waals surface area contributed by atoms with Crippen LogP contribution in [0.2, 0.25) is 0 Å². The Morgan fingerprint density at radius 2 is 1.97 bits per heavy atom. The van der Waals surface area contributed by atoms with Crippen molar-refractivity contribution in [1.29, 1.82) is 0 Å².